The number of hydrogen-bond acceptors (Lipinski definition) is 6. The van der Waals surface area contributed by atoms with E-state index < -0.39 is 25.1 Å². The van der Waals surface area contributed by atoms with Gasteiger partial charge in [-0.05, 0) is 24.3 Å². The molecule has 102 valence electrons. The first kappa shape index (κ1) is 13.4. The van der Waals surface area contributed by atoms with E-state index in [0.29, 0.717) is 0 Å². The van der Waals surface area contributed by atoms with Crippen molar-refractivity contribution < 1.29 is 20.7 Å². The second kappa shape index (κ2) is 4.59. The standard InChI is InChI=1S/C8H7FN4O4S2/c9-18(14,15)6-1-3-7(4-2-6)19(16,17)13-8-10-5-11-12-8/h1-5H,(H2,10,11,12,13). The summed E-state index contributed by atoms with van der Waals surface area (Å²) in [7, 11) is -8.81. The minimum Gasteiger partial charge on any atom is -0.248 e. The Kier molecular flexibility index (Phi) is 3.24. The Balaban J connectivity index is 2.32. The van der Waals surface area contributed by atoms with Crippen LogP contribution in [0.25, 0.3) is 0 Å². The number of aromatic nitrogens is 3. The predicted octanol–water partition coefficient (Wildman–Crippen LogP) is 0.264. The number of nitrogens with one attached hydrogen (secondary N) is 2. The first-order valence-electron chi connectivity index (χ1n) is 4.72. The van der Waals surface area contributed by atoms with Crippen LogP contribution in [0.2, 0.25) is 0 Å². The van der Waals surface area contributed by atoms with E-state index in [9.17, 15) is 20.7 Å². The van der Waals surface area contributed by atoms with Crippen molar-refractivity contribution in [1.29, 1.82) is 0 Å². The SMILES string of the molecule is O=S(=O)(F)c1ccc(S(=O)(=O)Nc2ncn[nH]2)cc1. The lowest BCUT2D eigenvalue weighted by Crippen LogP contribution is -2.14. The molecule has 2 aromatic rings. The number of sulfonamides is 1. The lowest BCUT2D eigenvalue weighted by Gasteiger charge is -2.04. The molecule has 0 aliphatic carbocycles. The Hall–Kier alpha value is -2.01. The van der Waals surface area contributed by atoms with E-state index in [1.54, 1.807) is 0 Å². The van der Waals surface area contributed by atoms with Gasteiger partial charge in [-0.3, -0.25) is 0 Å². The summed E-state index contributed by atoms with van der Waals surface area (Å²) >= 11 is 0. The zero-order chi connectivity index (χ0) is 14.1. The number of rotatable bonds is 4. The smallest absolute Gasteiger partial charge is 0.248 e. The van der Waals surface area contributed by atoms with Crippen LogP contribution in [0.5, 0.6) is 0 Å². The second-order valence-corrected chi connectivity index (χ2v) is 6.38. The Morgan fingerprint density at radius 1 is 1.05 bits per heavy atom. The molecule has 0 amide bonds. The molecule has 2 N–H and O–H groups in total. The quantitative estimate of drug-likeness (QED) is 0.781. The van der Waals surface area contributed by atoms with Crippen LogP contribution in [0.3, 0.4) is 0 Å². The van der Waals surface area contributed by atoms with Gasteiger partial charge in [-0.25, -0.2) is 18.2 Å². The normalized spacial score (nSPS) is 12.3. The van der Waals surface area contributed by atoms with Crippen LogP contribution in [0.4, 0.5) is 9.83 Å². The fraction of sp³-hybridized carbons (Fsp3) is 0. The van der Waals surface area contributed by atoms with Crippen molar-refractivity contribution in [3.63, 3.8) is 0 Å². The zero-order valence-corrected chi connectivity index (χ0v) is 10.7. The maximum absolute atomic E-state index is 12.6. The van der Waals surface area contributed by atoms with Crippen LogP contribution < -0.4 is 4.72 Å². The van der Waals surface area contributed by atoms with E-state index in [1.807, 2.05) is 0 Å². The highest BCUT2D eigenvalue weighted by atomic mass is 32.3. The Morgan fingerprint density at radius 2 is 1.63 bits per heavy atom. The van der Waals surface area contributed by atoms with Crippen molar-refractivity contribution >= 4 is 26.2 Å². The van der Waals surface area contributed by atoms with Crippen LogP contribution in [-0.4, -0.2) is 32.0 Å². The van der Waals surface area contributed by atoms with E-state index in [2.05, 4.69) is 19.9 Å². The van der Waals surface area contributed by atoms with E-state index in [-0.39, 0.29) is 10.8 Å². The van der Waals surface area contributed by atoms with E-state index in [1.165, 1.54) is 0 Å². The first-order chi connectivity index (χ1) is 8.79. The summed E-state index contributed by atoms with van der Waals surface area (Å²) < 4.78 is 59.5. The molecule has 0 unspecified atom stereocenters. The molecule has 0 saturated carbocycles. The third-order valence-electron chi connectivity index (χ3n) is 2.06. The molecule has 0 atom stereocenters. The highest BCUT2D eigenvalue weighted by molar-refractivity contribution is 7.92. The van der Waals surface area contributed by atoms with E-state index >= 15 is 0 Å². The molecule has 0 spiro atoms. The van der Waals surface area contributed by atoms with Crippen LogP contribution in [0.15, 0.2) is 40.4 Å². The monoisotopic (exact) mass is 306 g/mol. The molecular weight excluding hydrogens is 299 g/mol. The van der Waals surface area contributed by atoms with Crippen LogP contribution in [-0.2, 0) is 20.2 Å². The maximum atomic E-state index is 12.6. The zero-order valence-electron chi connectivity index (χ0n) is 9.11. The van der Waals surface area contributed by atoms with Crippen molar-refractivity contribution in [2.24, 2.45) is 0 Å². The average Bonchev–Trinajstić information content (AvgIpc) is 2.80. The minimum absolute atomic E-state index is 0.0952. The Morgan fingerprint density at radius 3 is 2.11 bits per heavy atom. The Labute approximate surface area is 108 Å². The molecule has 19 heavy (non-hydrogen) atoms. The number of nitrogens with zero attached hydrogens (tertiary/aromatic N) is 2. The van der Waals surface area contributed by atoms with Gasteiger partial charge < -0.3 is 0 Å². The molecule has 11 heteroatoms. The van der Waals surface area contributed by atoms with Crippen LogP contribution >= 0.6 is 0 Å². The molecule has 2 rings (SSSR count). The summed E-state index contributed by atoms with van der Waals surface area (Å²) in [5.74, 6) is -0.0952. The highest BCUT2D eigenvalue weighted by Crippen LogP contribution is 2.17. The number of anilines is 1. The van der Waals surface area contributed by atoms with Crippen molar-refractivity contribution in [2.45, 2.75) is 9.79 Å². The Bertz CT molecular complexity index is 769. The molecule has 0 aliphatic heterocycles. The molecule has 0 radical (unpaired) electrons. The fourth-order valence-electron chi connectivity index (χ4n) is 1.22. The van der Waals surface area contributed by atoms with Crippen LogP contribution in [0, 0.1) is 0 Å². The number of H-pyrrole nitrogens is 1. The predicted molar refractivity (Wildman–Crippen MR) is 61.9 cm³/mol. The molecule has 8 nitrogen and oxygen atoms in total. The summed E-state index contributed by atoms with van der Waals surface area (Å²) in [6.07, 6.45) is 1.11. The fourth-order valence-corrected chi connectivity index (χ4v) is 2.65. The van der Waals surface area contributed by atoms with Crippen molar-refractivity contribution in [3.8, 4) is 0 Å². The third kappa shape index (κ3) is 3.06. The van der Waals surface area contributed by atoms with Gasteiger partial charge in [0.25, 0.3) is 10.0 Å². The molecule has 1 aromatic heterocycles. The number of aromatic amines is 1. The molecule has 0 aliphatic rings. The molecule has 0 saturated heterocycles. The van der Waals surface area contributed by atoms with Crippen LogP contribution in [0.1, 0.15) is 0 Å². The summed E-state index contributed by atoms with van der Waals surface area (Å²) in [6, 6.07) is 3.63. The number of hydrogen-bond donors (Lipinski definition) is 2. The van der Waals surface area contributed by atoms with Gasteiger partial charge in [0.2, 0.25) is 5.95 Å². The largest absolute Gasteiger partial charge is 0.332 e. The lowest BCUT2D eigenvalue weighted by atomic mass is 10.4. The maximum Gasteiger partial charge on any atom is 0.332 e. The summed E-state index contributed by atoms with van der Waals surface area (Å²) in [6.45, 7) is 0. The van der Waals surface area contributed by atoms with Gasteiger partial charge in [-0.15, -0.1) is 3.89 Å². The molecular formula is C8H7FN4O4S2. The topological polar surface area (TPSA) is 122 Å². The highest BCUT2D eigenvalue weighted by Gasteiger charge is 2.18. The molecule has 0 fully saturated rings. The van der Waals surface area contributed by atoms with E-state index in [0.717, 1.165) is 30.6 Å². The molecule has 1 heterocycles. The minimum atomic E-state index is -4.86. The van der Waals surface area contributed by atoms with Gasteiger partial charge in [0.05, 0.1) is 9.79 Å². The lowest BCUT2D eigenvalue weighted by molar-refractivity contribution is 0.551. The molecule has 1 aromatic carbocycles. The summed E-state index contributed by atoms with van der Waals surface area (Å²) in [4.78, 5) is 2.71. The average molecular weight is 306 g/mol. The summed E-state index contributed by atoms with van der Waals surface area (Å²) in [5.41, 5.74) is 0. The van der Waals surface area contributed by atoms with Gasteiger partial charge in [0.15, 0.2) is 0 Å². The van der Waals surface area contributed by atoms with E-state index in [4.69, 9.17) is 0 Å². The van der Waals surface area contributed by atoms with Gasteiger partial charge in [-0.1, -0.05) is 0 Å². The van der Waals surface area contributed by atoms with Gasteiger partial charge in [-0.2, -0.15) is 18.5 Å². The third-order valence-corrected chi connectivity index (χ3v) is 4.25. The van der Waals surface area contributed by atoms with Crippen molar-refractivity contribution in [2.75, 3.05) is 4.72 Å². The van der Waals surface area contributed by atoms with Crippen molar-refractivity contribution in [3.05, 3.63) is 30.6 Å². The molecule has 0 bridgehead atoms. The summed E-state index contributed by atoms with van der Waals surface area (Å²) in [5, 5.41) is 5.75. The second-order valence-electron chi connectivity index (χ2n) is 3.35. The first-order valence-corrected chi connectivity index (χ1v) is 7.59. The van der Waals surface area contributed by atoms with Crippen molar-refractivity contribution in [1.82, 2.24) is 15.2 Å². The number of benzene rings is 1. The van der Waals surface area contributed by atoms with Gasteiger partial charge >= 0.3 is 10.2 Å². The number of halogens is 1. The van der Waals surface area contributed by atoms with Gasteiger partial charge in [0, 0.05) is 0 Å². The van der Waals surface area contributed by atoms with Gasteiger partial charge in [0.1, 0.15) is 6.33 Å².